The van der Waals surface area contributed by atoms with E-state index in [9.17, 15) is 9.59 Å². The first kappa shape index (κ1) is 14.7. The van der Waals surface area contributed by atoms with Gasteiger partial charge in [0, 0.05) is 29.5 Å². The minimum Gasteiger partial charge on any atom is -0.326 e. The number of amides is 2. The molecule has 2 N–H and O–H groups in total. The predicted molar refractivity (Wildman–Crippen MR) is 88.0 cm³/mol. The van der Waals surface area contributed by atoms with Gasteiger partial charge in [-0.2, -0.15) is 0 Å². The molecule has 1 aliphatic rings. The van der Waals surface area contributed by atoms with Crippen molar-refractivity contribution in [3.8, 4) is 11.3 Å². The first-order valence-corrected chi connectivity index (χ1v) is 8.22. The third-order valence-electron chi connectivity index (χ3n) is 3.52. The van der Waals surface area contributed by atoms with Gasteiger partial charge in [-0.25, -0.2) is 4.98 Å². The lowest BCUT2D eigenvalue weighted by molar-refractivity contribution is -0.117. The topological polar surface area (TPSA) is 71.1 Å². The largest absolute Gasteiger partial charge is 0.326 e. The van der Waals surface area contributed by atoms with Gasteiger partial charge < -0.3 is 10.6 Å². The van der Waals surface area contributed by atoms with E-state index in [4.69, 9.17) is 0 Å². The van der Waals surface area contributed by atoms with Crippen LogP contribution in [0.3, 0.4) is 0 Å². The predicted octanol–water partition coefficient (Wildman–Crippen LogP) is 3.43. The number of anilines is 2. The standard InChI is InChI=1S/C16H17N3O2S/c1-2-3-14(20)19-16-18-13(9-22-16)11-4-6-12-10(8-11)5-7-15(21)17-12/h4,6,8-9H,2-3,5,7H2,1H3,(H,17,21)(H,18,19,20). The second-order valence-corrected chi connectivity index (χ2v) is 6.11. The van der Waals surface area contributed by atoms with Crippen molar-refractivity contribution in [1.29, 1.82) is 0 Å². The quantitative estimate of drug-likeness (QED) is 0.908. The molecule has 114 valence electrons. The number of carbonyl (C=O) groups is 2. The van der Waals surface area contributed by atoms with Gasteiger partial charge in [0.05, 0.1) is 5.69 Å². The van der Waals surface area contributed by atoms with E-state index >= 15 is 0 Å². The van der Waals surface area contributed by atoms with E-state index < -0.39 is 0 Å². The van der Waals surface area contributed by atoms with E-state index in [1.54, 1.807) is 0 Å². The number of aromatic nitrogens is 1. The first-order chi connectivity index (χ1) is 10.7. The Labute approximate surface area is 132 Å². The van der Waals surface area contributed by atoms with Gasteiger partial charge in [0.15, 0.2) is 5.13 Å². The smallest absolute Gasteiger partial charge is 0.226 e. The van der Waals surface area contributed by atoms with Crippen LogP contribution in [0.15, 0.2) is 23.6 Å². The molecule has 1 aromatic carbocycles. The number of benzene rings is 1. The summed E-state index contributed by atoms with van der Waals surface area (Å²) >= 11 is 1.42. The van der Waals surface area contributed by atoms with E-state index in [1.807, 2.05) is 24.4 Å². The maximum absolute atomic E-state index is 11.6. The molecule has 1 aliphatic heterocycles. The Kier molecular flexibility index (Phi) is 4.20. The molecule has 1 aromatic heterocycles. The Morgan fingerprint density at radius 1 is 1.41 bits per heavy atom. The Balaban J connectivity index is 1.79. The number of nitrogens with one attached hydrogen (secondary N) is 2. The number of hydrogen-bond donors (Lipinski definition) is 2. The Morgan fingerprint density at radius 2 is 2.27 bits per heavy atom. The molecular formula is C16H17N3O2S. The highest BCUT2D eigenvalue weighted by Gasteiger charge is 2.16. The Morgan fingerprint density at radius 3 is 3.09 bits per heavy atom. The molecular weight excluding hydrogens is 298 g/mol. The molecule has 2 heterocycles. The monoisotopic (exact) mass is 315 g/mol. The van der Waals surface area contributed by atoms with E-state index in [2.05, 4.69) is 21.7 Å². The average Bonchev–Trinajstić information content (AvgIpc) is 2.95. The number of rotatable bonds is 4. The van der Waals surface area contributed by atoms with Crippen molar-refractivity contribution in [2.45, 2.75) is 32.6 Å². The SMILES string of the molecule is CCCC(=O)Nc1nc(-c2ccc3c(c2)CCC(=O)N3)cs1. The zero-order valence-electron chi connectivity index (χ0n) is 12.3. The van der Waals surface area contributed by atoms with Crippen LogP contribution in [0.2, 0.25) is 0 Å². The fourth-order valence-corrected chi connectivity index (χ4v) is 3.15. The third kappa shape index (κ3) is 3.17. The highest BCUT2D eigenvalue weighted by molar-refractivity contribution is 7.14. The number of nitrogens with zero attached hydrogens (tertiary/aromatic N) is 1. The number of carbonyl (C=O) groups excluding carboxylic acids is 2. The number of hydrogen-bond acceptors (Lipinski definition) is 4. The zero-order chi connectivity index (χ0) is 15.5. The van der Waals surface area contributed by atoms with Crippen molar-refractivity contribution >= 4 is 34.0 Å². The minimum atomic E-state index is -0.00319. The van der Waals surface area contributed by atoms with Crippen LogP contribution in [-0.4, -0.2) is 16.8 Å². The molecule has 0 fully saturated rings. The van der Waals surface area contributed by atoms with Gasteiger partial charge in [-0.1, -0.05) is 13.0 Å². The lowest BCUT2D eigenvalue weighted by Crippen LogP contribution is -2.18. The Bertz CT molecular complexity index is 724. The molecule has 0 saturated carbocycles. The van der Waals surface area contributed by atoms with E-state index in [-0.39, 0.29) is 11.8 Å². The second-order valence-electron chi connectivity index (χ2n) is 5.26. The molecule has 0 aliphatic carbocycles. The van der Waals surface area contributed by atoms with E-state index in [1.165, 1.54) is 11.3 Å². The van der Waals surface area contributed by atoms with Gasteiger partial charge in [-0.3, -0.25) is 9.59 Å². The van der Waals surface area contributed by atoms with Gasteiger partial charge >= 0.3 is 0 Å². The van der Waals surface area contributed by atoms with Gasteiger partial charge in [-0.15, -0.1) is 11.3 Å². The highest BCUT2D eigenvalue weighted by atomic mass is 32.1. The molecule has 6 heteroatoms. The van der Waals surface area contributed by atoms with Crippen molar-refractivity contribution in [3.63, 3.8) is 0 Å². The molecule has 0 bridgehead atoms. The molecule has 0 unspecified atom stereocenters. The summed E-state index contributed by atoms with van der Waals surface area (Å²) in [5, 5.41) is 8.24. The average molecular weight is 315 g/mol. The van der Waals surface area contributed by atoms with Crippen molar-refractivity contribution in [2.75, 3.05) is 10.6 Å². The molecule has 3 rings (SSSR count). The number of fused-ring (bicyclic) bond motifs is 1. The van der Waals surface area contributed by atoms with Crippen LogP contribution in [0.5, 0.6) is 0 Å². The van der Waals surface area contributed by atoms with Crippen LogP contribution in [0.25, 0.3) is 11.3 Å². The first-order valence-electron chi connectivity index (χ1n) is 7.34. The van der Waals surface area contributed by atoms with E-state index in [0.717, 1.165) is 35.3 Å². The molecule has 0 saturated heterocycles. The maximum Gasteiger partial charge on any atom is 0.226 e. The van der Waals surface area contributed by atoms with Crippen LogP contribution >= 0.6 is 11.3 Å². The molecule has 22 heavy (non-hydrogen) atoms. The van der Waals surface area contributed by atoms with Crippen LogP contribution in [0.4, 0.5) is 10.8 Å². The lowest BCUT2D eigenvalue weighted by atomic mass is 9.99. The number of aryl methyl sites for hydroxylation is 1. The normalized spacial score (nSPS) is 13.4. The summed E-state index contributed by atoms with van der Waals surface area (Å²) in [7, 11) is 0. The molecule has 0 atom stereocenters. The van der Waals surface area contributed by atoms with Crippen LogP contribution in [0, 0.1) is 0 Å². The summed E-state index contributed by atoms with van der Waals surface area (Å²) in [5.41, 5.74) is 3.85. The van der Waals surface area contributed by atoms with Crippen molar-refractivity contribution in [2.24, 2.45) is 0 Å². The zero-order valence-corrected chi connectivity index (χ0v) is 13.1. The summed E-state index contributed by atoms with van der Waals surface area (Å²) < 4.78 is 0. The van der Waals surface area contributed by atoms with Crippen LogP contribution in [-0.2, 0) is 16.0 Å². The summed E-state index contributed by atoms with van der Waals surface area (Å²) in [6.45, 7) is 1.97. The van der Waals surface area contributed by atoms with Crippen molar-refractivity contribution < 1.29 is 9.59 Å². The summed E-state index contributed by atoms with van der Waals surface area (Å²) in [5.74, 6) is 0.0615. The van der Waals surface area contributed by atoms with Gasteiger partial charge in [0.2, 0.25) is 11.8 Å². The lowest BCUT2D eigenvalue weighted by Gasteiger charge is -2.17. The van der Waals surface area contributed by atoms with Crippen LogP contribution in [0.1, 0.15) is 31.7 Å². The number of thiazole rings is 1. The second kappa shape index (κ2) is 6.27. The fourth-order valence-electron chi connectivity index (χ4n) is 2.42. The van der Waals surface area contributed by atoms with Crippen molar-refractivity contribution in [1.82, 2.24) is 4.98 Å². The molecule has 0 radical (unpaired) electrons. The maximum atomic E-state index is 11.6. The summed E-state index contributed by atoms with van der Waals surface area (Å²) in [6, 6.07) is 5.91. The van der Waals surface area contributed by atoms with Gasteiger partial charge in [0.25, 0.3) is 0 Å². The third-order valence-corrected chi connectivity index (χ3v) is 4.28. The summed E-state index contributed by atoms with van der Waals surface area (Å²) in [6.07, 6.45) is 2.60. The van der Waals surface area contributed by atoms with Gasteiger partial charge in [-0.05, 0) is 30.5 Å². The summed E-state index contributed by atoms with van der Waals surface area (Å²) in [4.78, 5) is 27.4. The highest BCUT2D eigenvalue weighted by Crippen LogP contribution is 2.30. The fraction of sp³-hybridized carbons (Fsp3) is 0.312. The minimum absolute atomic E-state index is 0.00319. The van der Waals surface area contributed by atoms with Crippen LogP contribution < -0.4 is 10.6 Å². The molecule has 5 nitrogen and oxygen atoms in total. The van der Waals surface area contributed by atoms with E-state index in [0.29, 0.717) is 18.0 Å². The molecule has 2 amide bonds. The Hall–Kier alpha value is -2.21. The molecule has 0 spiro atoms. The van der Waals surface area contributed by atoms with Crippen molar-refractivity contribution in [3.05, 3.63) is 29.1 Å². The molecule has 2 aromatic rings. The van der Waals surface area contributed by atoms with Gasteiger partial charge in [0.1, 0.15) is 0 Å².